The number of aromatic nitrogens is 3. The molecule has 94 valence electrons. The van der Waals surface area contributed by atoms with E-state index in [2.05, 4.69) is 31.1 Å². The van der Waals surface area contributed by atoms with Gasteiger partial charge in [0.25, 0.3) is 0 Å². The topological polar surface area (TPSA) is 72.0 Å². The monoisotopic (exact) mass is 327 g/mol. The van der Waals surface area contributed by atoms with Gasteiger partial charge in [0, 0.05) is 33.9 Å². The van der Waals surface area contributed by atoms with Crippen LogP contribution in [0.25, 0.3) is 11.4 Å². The van der Waals surface area contributed by atoms with Gasteiger partial charge >= 0.3 is 0 Å². The molecule has 2 unspecified atom stereocenters. The van der Waals surface area contributed by atoms with E-state index in [9.17, 15) is 5.11 Å². The predicted molar refractivity (Wildman–Crippen MR) is 71.3 cm³/mol. The van der Waals surface area contributed by atoms with E-state index in [-0.39, 0.29) is 5.92 Å². The molecule has 3 heterocycles. The summed E-state index contributed by atoms with van der Waals surface area (Å²) in [5, 5.41) is 13.7. The Kier molecular flexibility index (Phi) is 3.36. The van der Waals surface area contributed by atoms with Gasteiger partial charge in [-0.25, -0.2) is 0 Å². The Morgan fingerprint density at radius 1 is 1.39 bits per heavy atom. The summed E-state index contributed by atoms with van der Waals surface area (Å²) < 4.78 is 6.10. The van der Waals surface area contributed by atoms with Crippen molar-refractivity contribution < 1.29 is 9.63 Å². The highest BCUT2D eigenvalue weighted by atomic mass is 79.9. The highest BCUT2D eigenvalue weighted by Gasteiger charge is 2.32. The summed E-state index contributed by atoms with van der Waals surface area (Å²) in [5.74, 6) is 2.49. The van der Waals surface area contributed by atoms with E-state index < -0.39 is 6.10 Å². The summed E-state index contributed by atoms with van der Waals surface area (Å²) in [6.07, 6.45) is 2.98. The first kappa shape index (κ1) is 12.1. The van der Waals surface area contributed by atoms with E-state index in [1.165, 1.54) is 0 Å². The van der Waals surface area contributed by atoms with Gasteiger partial charge in [-0.1, -0.05) is 5.16 Å². The fraction of sp³-hybridized carbons (Fsp3) is 0.364. The lowest BCUT2D eigenvalue weighted by molar-refractivity contribution is 0.164. The molecule has 5 nitrogen and oxygen atoms in total. The van der Waals surface area contributed by atoms with Crippen LogP contribution in [0.4, 0.5) is 0 Å². The molecule has 0 spiro atoms. The van der Waals surface area contributed by atoms with E-state index in [0.717, 1.165) is 21.5 Å². The number of thioether (sulfide) groups is 1. The van der Waals surface area contributed by atoms with Gasteiger partial charge in [-0.05, 0) is 22.0 Å². The second-order valence-corrected chi connectivity index (χ2v) is 6.05. The van der Waals surface area contributed by atoms with Crippen molar-refractivity contribution >= 4 is 27.7 Å². The third-order valence-electron chi connectivity index (χ3n) is 2.77. The molecule has 1 saturated heterocycles. The highest BCUT2D eigenvalue weighted by molar-refractivity contribution is 9.10. The third kappa shape index (κ3) is 2.30. The number of aliphatic hydroxyl groups is 1. The average Bonchev–Trinajstić information content (AvgIpc) is 2.97. The van der Waals surface area contributed by atoms with Gasteiger partial charge < -0.3 is 9.63 Å². The van der Waals surface area contributed by atoms with Gasteiger partial charge in [0.15, 0.2) is 0 Å². The van der Waals surface area contributed by atoms with Crippen LogP contribution in [0.1, 0.15) is 11.8 Å². The molecule has 0 saturated carbocycles. The number of nitrogens with zero attached hydrogens (tertiary/aromatic N) is 3. The largest absolute Gasteiger partial charge is 0.391 e. The number of hydrogen-bond donors (Lipinski definition) is 1. The number of aliphatic hydroxyl groups excluding tert-OH is 1. The van der Waals surface area contributed by atoms with E-state index in [4.69, 9.17) is 4.52 Å². The molecule has 0 aliphatic carbocycles. The summed E-state index contributed by atoms with van der Waals surface area (Å²) in [7, 11) is 0. The first-order valence-electron chi connectivity index (χ1n) is 5.44. The molecule has 1 N–H and O–H groups in total. The van der Waals surface area contributed by atoms with Crippen LogP contribution >= 0.6 is 27.7 Å². The lowest BCUT2D eigenvalue weighted by Gasteiger charge is -2.06. The Hall–Kier alpha value is -0.920. The third-order valence-corrected chi connectivity index (χ3v) is 4.38. The molecule has 0 bridgehead atoms. The van der Waals surface area contributed by atoms with Crippen molar-refractivity contribution in [1.29, 1.82) is 0 Å². The standard InChI is InChI=1S/C11H10BrN3O2S/c12-7-1-6(2-13-3-7)10-14-11(17-15-10)8-4-18-5-9(8)16/h1-3,8-9,16H,4-5H2. The zero-order valence-electron chi connectivity index (χ0n) is 9.28. The molecule has 0 radical (unpaired) electrons. The van der Waals surface area contributed by atoms with Gasteiger partial charge in [0.1, 0.15) is 0 Å². The Morgan fingerprint density at radius 2 is 2.28 bits per heavy atom. The predicted octanol–water partition coefficient (Wildman–Crippen LogP) is 2.09. The maximum absolute atomic E-state index is 9.80. The fourth-order valence-corrected chi connectivity index (χ4v) is 3.41. The Morgan fingerprint density at radius 3 is 3.00 bits per heavy atom. The SMILES string of the molecule is OC1CSCC1c1nc(-c2cncc(Br)c2)no1. The number of halogens is 1. The molecule has 3 rings (SSSR count). The zero-order valence-corrected chi connectivity index (χ0v) is 11.7. The number of hydrogen-bond acceptors (Lipinski definition) is 6. The fourth-order valence-electron chi connectivity index (χ4n) is 1.82. The maximum atomic E-state index is 9.80. The normalized spacial score (nSPS) is 23.4. The summed E-state index contributed by atoms with van der Waals surface area (Å²) in [4.78, 5) is 8.40. The van der Waals surface area contributed by atoms with Crippen LogP contribution in [-0.2, 0) is 0 Å². The lowest BCUT2D eigenvalue weighted by Crippen LogP contribution is -2.15. The van der Waals surface area contributed by atoms with Crippen molar-refractivity contribution in [2.24, 2.45) is 0 Å². The van der Waals surface area contributed by atoms with Gasteiger partial charge in [0.05, 0.1) is 12.0 Å². The van der Waals surface area contributed by atoms with E-state index in [1.54, 1.807) is 24.2 Å². The first-order chi connectivity index (χ1) is 8.74. The van der Waals surface area contributed by atoms with Crippen LogP contribution in [0.15, 0.2) is 27.5 Å². The Balaban J connectivity index is 1.89. The van der Waals surface area contributed by atoms with E-state index in [1.807, 2.05) is 6.07 Å². The van der Waals surface area contributed by atoms with E-state index in [0.29, 0.717) is 11.7 Å². The first-order valence-corrected chi connectivity index (χ1v) is 7.39. The molecule has 1 aliphatic rings. The van der Waals surface area contributed by atoms with Crippen molar-refractivity contribution in [3.8, 4) is 11.4 Å². The van der Waals surface area contributed by atoms with Crippen molar-refractivity contribution in [2.75, 3.05) is 11.5 Å². The summed E-state index contributed by atoms with van der Waals surface area (Å²) in [6, 6.07) is 1.88. The molecular weight excluding hydrogens is 318 g/mol. The summed E-state index contributed by atoms with van der Waals surface area (Å²) >= 11 is 5.05. The summed E-state index contributed by atoms with van der Waals surface area (Å²) in [5.41, 5.74) is 0.791. The van der Waals surface area contributed by atoms with E-state index >= 15 is 0 Å². The second-order valence-electron chi connectivity index (χ2n) is 4.06. The van der Waals surface area contributed by atoms with Crippen molar-refractivity contribution in [2.45, 2.75) is 12.0 Å². The van der Waals surface area contributed by atoms with Crippen LogP contribution in [0, 0.1) is 0 Å². The number of rotatable bonds is 2. The van der Waals surface area contributed by atoms with Crippen molar-refractivity contribution in [1.82, 2.24) is 15.1 Å². The van der Waals surface area contributed by atoms with Gasteiger partial charge in [-0.2, -0.15) is 16.7 Å². The number of pyridine rings is 1. The van der Waals surface area contributed by atoms with Gasteiger partial charge in [0.2, 0.25) is 11.7 Å². The molecule has 1 aliphatic heterocycles. The van der Waals surface area contributed by atoms with Crippen LogP contribution in [0.2, 0.25) is 0 Å². The van der Waals surface area contributed by atoms with Gasteiger partial charge in [-0.15, -0.1) is 0 Å². The molecule has 2 atom stereocenters. The molecule has 18 heavy (non-hydrogen) atoms. The minimum atomic E-state index is -0.399. The van der Waals surface area contributed by atoms with Gasteiger partial charge in [-0.3, -0.25) is 4.98 Å². The molecule has 2 aromatic rings. The maximum Gasteiger partial charge on any atom is 0.233 e. The van der Waals surface area contributed by atoms with Crippen LogP contribution < -0.4 is 0 Å². The average molecular weight is 328 g/mol. The second kappa shape index (κ2) is 4.99. The highest BCUT2D eigenvalue weighted by Crippen LogP contribution is 2.32. The van der Waals surface area contributed by atoms with Crippen LogP contribution in [0.3, 0.4) is 0 Å². The molecule has 0 amide bonds. The lowest BCUT2D eigenvalue weighted by atomic mass is 10.1. The minimum absolute atomic E-state index is 0.0589. The van der Waals surface area contributed by atoms with Crippen molar-refractivity contribution in [3.63, 3.8) is 0 Å². The molecule has 2 aromatic heterocycles. The van der Waals surface area contributed by atoms with Crippen LogP contribution in [-0.4, -0.2) is 37.8 Å². The quantitative estimate of drug-likeness (QED) is 0.910. The summed E-state index contributed by atoms with van der Waals surface area (Å²) in [6.45, 7) is 0. The zero-order chi connectivity index (χ0) is 12.5. The van der Waals surface area contributed by atoms with Crippen LogP contribution in [0.5, 0.6) is 0 Å². The molecule has 0 aromatic carbocycles. The molecule has 1 fully saturated rings. The van der Waals surface area contributed by atoms with Crippen molar-refractivity contribution in [3.05, 3.63) is 28.8 Å². The molecule has 7 heteroatoms. The Bertz CT molecular complexity index is 563. The molecular formula is C11H10BrN3O2S. The minimum Gasteiger partial charge on any atom is -0.391 e. The Labute approximate surface area is 116 Å². The smallest absolute Gasteiger partial charge is 0.233 e.